The van der Waals surface area contributed by atoms with Crippen molar-refractivity contribution in [3.63, 3.8) is 0 Å². The second-order valence-corrected chi connectivity index (χ2v) is 5.86. The maximum Gasteiger partial charge on any atom is 0.284 e. The highest BCUT2D eigenvalue weighted by atomic mass is 79.9. The Bertz CT molecular complexity index is 529. The summed E-state index contributed by atoms with van der Waals surface area (Å²) in [5.74, 6) is -0.100. The number of carbonyl (C=O) groups excluding carboxylic acids is 1. The average molecular weight is 341 g/mol. The molecule has 20 heavy (non-hydrogen) atoms. The molecule has 1 aromatic carbocycles. The maximum atomic E-state index is 12.5. The van der Waals surface area contributed by atoms with Crippen molar-refractivity contribution in [1.82, 2.24) is 4.90 Å². The van der Waals surface area contributed by atoms with Crippen molar-refractivity contribution in [3.05, 3.63) is 38.3 Å². The number of nitrogens with zero attached hydrogens (tertiary/aromatic N) is 2. The van der Waals surface area contributed by atoms with Gasteiger partial charge in [0.15, 0.2) is 0 Å². The molecule has 108 valence electrons. The van der Waals surface area contributed by atoms with Crippen molar-refractivity contribution in [3.8, 4) is 0 Å². The third-order valence-corrected chi connectivity index (χ3v) is 4.06. The molecule has 1 aliphatic carbocycles. The Balaban J connectivity index is 2.22. The third-order valence-electron chi connectivity index (χ3n) is 3.39. The van der Waals surface area contributed by atoms with E-state index >= 15 is 0 Å². The Hall–Kier alpha value is -1.43. The van der Waals surface area contributed by atoms with Crippen LogP contribution in [-0.2, 0) is 0 Å². The molecule has 0 N–H and O–H groups in total. The van der Waals surface area contributed by atoms with Crippen molar-refractivity contribution in [2.24, 2.45) is 0 Å². The van der Waals surface area contributed by atoms with Crippen molar-refractivity contribution >= 4 is 27.5 Å². The van der Waals surface area contributed by atoms with Crippen molar-refractivity contribution in [2.45, 2.75) is 38.6 Å². The molecule has 0 saturated heterocycles. The number of amides is 1. The molecule has 0 atom stereocenters. The van der Waals surface area contributed by atoms with Gasteiger partial charge in [0.25, 0.3) is 11.6 Å². The quantitative estimate of drug-likeness (QED) is 0.585. The Kier molecular flexibility index (Phi) is 4.75. The predicted octanol–water partition coefficient (Wildman–Crippen LogP) is 3.76. The summed E-state index contributed by atoms with van der Waals surface area (Å²) in [6.07, 6.45) is 4.06. The zero-order chi connectivity index (χ0) is 14.7. The summed E-state index contributed by atoms with van der Waals surface area (Å²) in [6.45, 7) is 2.81. The molecule has 0 radical (unpaired) electrons. The number of hydrogen-bond acceptors (Lipinski definition) is 3. The van der Waals surface area contributed by atoms with Gasteiger partial charge < -0.3 is 4.90 Å². The Morgan fingerprint density at radius 2 is 2.20 bits per heavy atom. The Morgan fingerprint density at radius 3 is 2.75 bits per heavy atom. The molecular formula is C14H17BrN2O3. The lowest BCUT2D eigenvalue weighted by atomic mass is 10.1. The molecule has 1 aliphatic rings. The fraction of sp³-hybridized carbons (Fsp3) is 0.500. The first-order valence-corrected chi connectivity index (χ1v) is 7.58. The highest BCUT2D eigenvalue weighted by Crippen LogP contribution is 2.31. The van der Waals surface area contributed by atoms with Gasteiger partial charge in [-0.15, -0.1) is 0 Å². The van der Waals surface area contributed by atoms with Crippen LogP contribution in [0.15, 0.2) is 22.7 Å². The molecule has 1 fully saturated rings. The Morgan fingerprint density at radius 1 is 1.50 bits per heavy atom. The summed E-state index contributed by atoms with van der Waals surface area (Å²) >= 11 is 3.13. The van der Waals surface area contributed by atoms with Crippen molar-refractivity contribution in [2.75, 3.05) is 6.54 Å². The second-order valence-electron chi connectivity index (χ2n) is 5.01. The molecule has 2 rings (SSSR count). The van der Waals surface area contributed by atoms with E-state index in [1.807, 2.05) is 4.90 Å². The summed E-state index contributed by atoms with van der Waals surface area (Å²) in [5, 5.41) is 10.9. The van der Waals surface area contributed by atoms with Gasteiger partial charge >= 0.3 is 0 Å². The van der Waals surface area contributed by atoms with Gasteiger partial charge in [-0.3, -0.25) is 14.9 Å². The minimum Gasteiger partial charge on any atom is -0.336 e. The van der Waals surface area contributed by atoms with Crippen LogP contribution in [0.25, 0.3) is 0 Å². The number of hydrogen-bond donors (Lipinski definition) is 0. The first-order valence-electron chi connectivity index (χ1n) is 6.79. The summed E-state index contributed by atoms with van der Waals surface area (Å²) in [6, 6.07) is 4.88. The van der Waals surface area contributed by atoms with Gasteiger partial charge in [0.2, 0.25) is 0 Å². The lowest BCUT2D eigenvalue weighted by Gasteiger charge is -2.22. The van der Waals surface area contributed by atoms with E-state index in [9.17, 15) is 14.9 Å². The van der Waals surface area contributed by atoms with Crippen LogP contribution in [0.4, 0.5) is 5.69 Å². The number of halogens is 1. The number of nitro benzene ring substituents is 1. The molecule has 1 saturated carbocycles. The van der Waals surface area contributed by atoms with E-state index < -0.39 is 4.92 Å². The molecule has 0 spiro atoms. The zero-order valence-electron chi connectivity index (χ0n) is 11.3. The lowest BCUT2D eigenvalue weighted by Crippen LogP contribution is -2.34. The van der Waals surface area contributed by atoms with Crippen LogP contribution in [0.3, 0.4) is 0 Å². The van der Waals surface area contributed by atoms with E-state index in [-0.39, 0.29) is 11.6 Å². The van der Waals surface area contributed by atoms with Crippen LogP contribution in [0.5, 0.6) is 0 Å². The first-order chi connectivity index (χ1) is 9.54. The second kappa shape index (κ2) is 6.35. The topological polar surface area (TPSA) is 63.5 Å². The predicted molar refractivity (Wildman–Crippen MR) is 79.8 cm³/mol. The molecule has 0 unspecified atom stereocenters. The van der Waals surface area contributed by atoms with Crippen LogP contribution in [0.1, 0.15) is 43.0 Å². The monoisotopic (exact) mass is 340 g/mol. The Labute approximate surface area is 126 Å². The molecule has 0 aliphatic heterocycles. The lowest BCUT2D eigenvalue weighted by molar-refractivity contribution is -0.385. The highest BCUT2D eigenvalue weighted by molar-refractivity contribution is 9.10. The van der Waals surface area contributed by atoms with Gasteiger partial charge in [-0.2, -0.15) is 0 Å². The van der Waals surface area contributed by atoms with Crippen molar-refractivity contribution in [1.29, 1.82) is 0 Å². The van der Waals surface area contributed by atoms with Crippen LogP contribution in [0, 0.1) is 10.1 Å². The summed E-state index contributed by atoms with van der Waals surface area (Å²) in [7, 11) is 0. The number of benzene rings is 1. The molecule has 0 aromatic heterocycles. The fourth-order valence-electron chi connectivity index (χ4n) is 2.12. The number of rotatable bonds is 6. The standard InChI is InChI=1S/C14H17BrN2O3/c1-2-3-8-16(11-5-6-11)14(18)10-4-7-12(15)13(9-10)17(19)20/h4,7,9,11H,2-3,5-6,8H2,1H3. The summed E-state index contributed by atoms with van der Waals surface area (Å²) in [5.41, 5.74) is 0.324. The van der Waals surface area contributed by atoms with E-state index in [2.05, 4.69) is 22.9 Å². The van der Waals surface area contributed by atoms with Crippen LogP contribution in [-0.4, -0.2) is 28.3 Å². The number of unbranched alkanes of at least 4 members (excludes halogenated alkanes) is 1. The zero-order valence-corrected chi connectivity index (χ0v) is 12.9. The smallest absolute Gasteiger partial charge is 0.284 e. The van der Waals surface area contributed by atoms with E-state index in [4.69, 9.17) is 0 Å². The third kappa shape index (κ3) is 3.36. The largest absolute Gasteiger partial charge is 0.336 e. The first kappa shape index (κ1) is 15.0. The van der Waals surface area contributed by atoms with Crippen LogP contribution in [0.2, 0.25) is 0 Å². The molecule has 0 bridgehead atoms. The van der Waals surface area contributed by atoms with E-state index in [0.29, 0.717) is 16.1 Å². The van der Waals surface area contributed by atoms with Crippen LogP contribution >= 0.6 is 15.9 Å². The van der Waals surface area contributed by atoms with Gasteiger partial charge in [0, 0.05) is 24.2 Å². The van der Waals surface area contributed by atoms with E-state index in [1.165, 1.54) is 6.07 Å². The maximum absolute atomic E-state index is 12.5. The molecular weight excluding hydrogens is 324 g/mol. The minimum absolute atomic E-state index is 0.0675. The van der Waals surface area contributed by atoms with E-state index in [0.717, 1.165) is 32.2 Å². The SMILES string of the molecule is CCCCN(C(=O)c1ccc(Br)c([N+](=O)[O-])c1)C1CC1. The van der Waals surface area contributed by atoms with Crippen molar-refractivity contribution < 1.29 is 9.72 Å². The van der Waals surface area contributed by atoms with Crippen LogP contribution < -0.4 is 0 Å². The van der Waals surface area contributed by atoms with Gasteiger partial charge in [-0.05, 0) is 47.3 Å². The normalized spacial score (nSPS) is 14.1. The molecule has 1 aromatic rings. The number of nitro groups is 1. The van der Waals surface area contributed by atoms with E-state index in [1.54, 1.807) is 12.1 Å². The molecule has 0 heterocycles. The van der Waals surface area contributed by atoms with Gasteiger partial charge in [-0.25, -0.2) is 0 Å². The summed E-state index contributed by atoms with van der Waals surface area (Å²) < 4.78 is 0.394. The summed E-state index contributed by atoms with van der Waals surface area (Å²) in [4.78, 5) is 24.8. The van der Waals surface area contributed by atoms with Gasteiger partial charge in [0.1, 0.15) is 0 Å². The molecule has 5 nitrogen and oxygen atoms in total. The fourth-order valence-corrected chi connectivity index (χ4v) is 2.51. The van der Waals surface area contributed by atoms with Gasteiger partial charge in [-0.1, -0.05) is 13.3 Å². The molecule has 6 heteroatoms. The van der Waals surface area contributed by atoms with Gasteiger partial charge in [0.05, 0.1) is 9.40 Å². The average Bonchev–Trinajstić information content (AvgIpc) is 3.23. The highest BCUT2D eigenvalue weighted by Gasteiger charge is 2.33. The molecule has 1 amide bonds. The number of carbonyl (C=O) groups is 1. The minimum atomic E-state index is -0.478.